The molecule has 0 radical (unpaired) electrons. The van der Waals surface area contributed by atoms with E-state index in [0.29, 0.717) is 17.2 Å². The Morgan fingerprint density at radius 3 is 2.77 bits per heavy atom. The van der Waals surface area contributed by atoms with Gasteiger partial charge in [-0.3, -0.25) is 14.4 Å². The monoisotopic (exact) mass is 442 g/mol. The van der Waals surface area contributed by atoms with Gasteiger partial charge < -0.3 is 15.0 Å². The van der Waals surface area contributed by atoms with Crippen LogP contribution in [0.15, 0.2) is 58.4 Å². The molecule has 3 heterocycles. The first-order valence-electron chi connectivity index (χ1n) is 9.19. The molecule has 2 aromatic carbocycles. The van der Waals surface area contributed by atoms with Gasteiger partial charge in [-0.1, -0.05) is 29.5 Å². The van der Waals surface area contributed by atoms with Crippen molar-refractivity contribution in [3.8, 4) is 5.75 Å². The Labute approximate surface area is 178 Å². The number of amides is 1. The van der Waals surface area contributed by atoms with Crippen LogP contribution in [0.1, 0.15) is 22.8 Å². The molecule has 152 valence electrons. The summed E-state index contributed by atoms with van der Waals surface area (Å²) in [7, 11) is 0. The van der Waals surface area contributed by atoms with E-state index in [1.54, 1.807) is 12.1 Å². The van der Waals surface area contributed by atoms with E-state index in [-0.39, 0.29) is 17.2 Å². The first-order valence-corrected chi connectivity index (χ1v) is 11.0. The number of thiazole rings is 1. The molecule has 3 aromatic rings. The molecule has 0 saturated heterocycles. The maximum Gasteiger partial charge on any atom is 0.319 e. The van der Waals surface area contributed by atoms with Crippen molar-refractivity contribution in [3.05, 3.63) is 74.5 Å². The highest BCUT2D eigenvalue weighted by Crippen LogP contribution is 2.58. The van der Waals surface area contributed by atoms with Crippen molar-refractivity contribution in [1.29, 1.82) is 0 Å². The molecule has 0 aliphatic carbocycles. The highest BCUT2D eigenvalue weighted by Gasteiger charge is 2.57. The van der Waals surface area contributed by atoms with E-state index in [0.717, 1.165) is 26.8 Å². The number of benzene rings is 2. The van der Waals surface area contributed by atoms with Crippen molar-refractivity contribution in [2.75, 3.05) is 11.1 Å². The Bertz CT molecular complexity index is 1220. The van der Waals surface area contributed by atoms with E-state index in [9.17, 15) is 18.8 Å². The quantitative estimate of drug-likeness (QED) is 0.477. The largest absolute Gasteiger partial charge is 0.426 e. The van der Waals surface area contributed by atoms with Crippen molar-refractivity contribution in [1.82, 2.24) is 4.98 Å². The summed E-state index contributed by atoms with van der Waals surface area (Å²) < 4.78 is 18.8. The number of esters is 1. The molecular weight excluding hydrogens is 427 g/mol. The minimum atomic E-state index is -1.15. The zero-order chi connectivity index (χ0) is 20.9. The van der Waals surface area contributed by atoms with Crippen LogP contribution in [0.3, 0.4) is 0 Å². The number of aromatic amines is 1. The molecular formula is C21H15FN2O4S2. The number of H-pyrrole nitrogens is 1. The number of halogens is 1. The molecule has 0 spiro atoms. The summed E-state index contributed by atoms with van der Waals surface area (Å²) in [6, 6.07) is 12.6. The van der Waals surface area contributed by atoms with Gasteiger partial charge in [0.15, 0.2) is 0 Å². The number of aromatic nitrogens is 1. The number of nitrogens with one attached hydrogen (secondary N) is 2. The van der Waals surface area contributed by atoms with Crippen LogP contribution in [0.25, 0.3) is 0 Å². The van der Waals surface area contributed by atoms with Gasteiger partial charge in [0, 0.05) is 34.2 Å². The number of carbonyl (C=O) groups is 2. The fourth-order valence-corrected chi connectivity index (χ4v) is 6.58. The third-order valence-electron chi connectivity index (χ3n) is 5.37. The van der Waals surface area contributed by atoms with Crippen molar-refractivity contribution in [3.63, 3.8) is 0 Å². The number of rotatable bonds is 3. The van der Waals surface area contributed by atoms with Crippen LogP contribution in [0.5, 0.6) is 5.75 Å². The Balaban J connectivity index is 1.56. The number of hydrogen-bond acceptors (Lipinski definition) is 6. The van der Waals surface area contributed by atoms with Crippen LogP contribution in [0.2, 0.25) is 0 Å². The molecule has 2 N–H and O–H groups in total. The second-order valence-electron chi connectivity index (χ2n) is 7.24. The number of fused-ring (bicyclic) bond motifs is 5. The fourth-order valence-electron chi connectivity index (χ4n) is 4.04. The Kier molecular flexibility index (Phi) is 4.52. The molecule has 0 unspecified atom stereocenters. The minimum absolute atomic E-state index is 0.124. The van der Waals surface area contributed by atoms with E-state index in [4.69, 9.17) is 4.74 Å². The van der Waals surface area contributed by atoms with Crippen LogP contribution >= 0.6 is 23.1 Å². The number of thioether (sulfide) groups is 1. The smallest absolute Gasteiger partial charge is 0.319 e. The molecule has 2 atom stereocenters. The summed E-state index contributed by atoms with van der Waals surface area (Å²) >= 11 is 2.41. The number of ether oxygens (including phenoxy) is 1. The molecule has 1 amide bonds. The predicted molar refractivity (Wildman–Crippen MR) is 112 cm³/mol. The lowest BCUT2D eigenvalue weighted by molar-refractivity contribution is -0.149. The standard InChI is InChI=1S/C21H15FN2O4S2/c22-11-5-7-12(8-6-11)23-15(25)9-21-10-29-18-17(30-20(27)24-18)16(21)13-3-1-2-4-14(13)28-19(21)26/h1-8,16H,9-10H2,(H,23,25)(H,24,27)/t16-,21-/m0/s1. The molecule has 2 aliphatic heterocycles. The van der Waals surface area contributed by atoms with Gasteiger partial charge in [0.25, 0.3) is 0 Å². The highest BCUT2D eigenvalue weighted by molar-refractivity contribution is 7.99. The Morgan fingerprint density at radius 1 is 1.20 bits per heavy atom. The van der Waals surface area contributed by atoms with E-state index < -0.39 is 23.1 Å². The summed E-state index contributed by atoms with van der Waals surface area (Å²) in [6.07, 6.45) is -0.124. The predicted octanol–water partition coefficient (Wildman–Crippen LogP) is 3.75. The van der Waals surface area contributed by atoms with Gasteiger partial charge in [0.05, 0.1) is 10.4 Å². The first-order chi connectivity index (χ1) is 14.5. The second-order valence-corrected chi connectivity index (χ2v) is 9.25. The molecule has 0 bridgehead atoms. The van der Waals surface area contributed by atoms with E-state index in [1.165, 1.54) is 36.0 Å². The Morgan fingerprint density at radius 2 is 1.97 bits per heavy atom. The zero-order valence-electron chi connectivity index (χ0n) is 15.4. The lowest BCUT2D eigenvalue weighted by atomic mass is 9.68. The van der Waals surface area contributed by atoms with Crippen LogP contribution in [0, 0.1) is 11.2 Å². The number of hydrogen-bond donors (Lipinski definition) is 2. The van der Waals surface area contributed by atoms with Gasteiger partial charge >= 0.3 is 10.8 Å². The Hall–Kier alpha value is -2.91. The number of anilines is 1. The van der Waals surface area contributed by atoms with E-state index >= 15 is 0 Å². The van der Waals surface area contributed by atoms with Crippen molar-refractivity contribution in [2.45, 2.75) is 17.4 Å². The van der Waals surface area contributed by atoms with Crippen LogP contribution < -0.4 is 14.9 Å². The molecule has 9 heteroatoms. The summed E-state index contributed by atoms with van der Waals surface area (Å²) in [5.74, 6) is -0.997. The first kappa shape index (κ1) is 19.1. The third-order valence-corrected chi connectivity index (χ3v) is 7.72. The lowest BCUT2D eigenvalue weighted by Gasteiger charge is -2.44. The molecule has 30 heavy (non-hydrogen) atoms. The fraction of sp³-hybridized carbons (Fsp3) is 0.190. The van der Waals surface area contributed by atoms with Gasteiger partial charge in [0.1, 0.15) is 11.6 Å². The van der Waals surface area contributed by atoms with Crippen molar-refractivity contribution < 1.29 is 18.7 Å². The average Bonchev–Trinajstić information content (AvgIpc) is 3.10. The third kappa shape index (κ3) is 3.05. The van der Waals surface area contributed by atoms with Gasteiger partial charge in [-0.25, -0.2) is 4.39 Å². The van der Waals surface area contributed by atoms with Crippen LogP contribution in [-0.2, 0) is 9.59 Å². The highest BCUT2D eigenvalue weighted by atomic mass is 32.2. The molecule has 5 rings (SSSR count). The second kappa shape index (κ2) is 7.10. The maximum atomic E-state index is 13.2. The molecule has 1 aromatic heterocycles. The topological polar surface area (TPSA) is 88.3 Å². The summed E-state index contributed by atoms with van der Waals surface area (Å²) in [5, 5.41) is 3.46. The van der Waals surface area contributed by atoms with Gasteiger partial charge in [0.2, 0.25) is 5.91 Å². The minimum Gasteiger partial charge on any atom is -0.426 e. The SMILES string of the molecule is O=C(C[C@]12CSc3[nH]c(=O)sc3[C@@H]1c1ccccc1OC2=O)Nc1ccc(F)cc1. The zero-order valence-corrected chi connectivity index (χ0v) is 17.1. The van der Waals surface area contributed by atoms with Crippen molar-refractivity contribution in [2.24, 2.45) is 5.41 Å². The maximum absolute atomic E-state index is 13.2. The average molecular weight is 442 g/mol. The molecule has 0 fully saturated rings. The normalized spacial score (nSPS) is 21.8. The summed E-state index contributed by atoms with van der Waals surface area (Å²) in [4.78, 5) is 41.5. The van der Waals surface area contributed by atoms with Crippen LogP contribution in [-0.4, -0.2) is 22.6 Å². The lowest BCUT2D eigenvalue weighted by Crippen LogP contribution is -2.49. The van der Waals surface area contributed by atoms with Crippen molar-refractivity contribution >= 4 is 40.7 Å². The summed E-state index contributed by atoms with van der Waals surface area (Å²) in [6.45, 7) is 0. The van der Waals surface area contributed by atoms with Gasteiger partial charge in [-0.15, -0.1) is 11.8 Å². The number of carbonyl (C=O) groups excluding carboxylic acids is 2. The van der Waals surface area contributed by atoms with Gasteiger partial charge in [-0.05, 0) is 30.3 Å². The van der Waals surface area contributed by atoms with E-state index in [1.807, 2.05) is 12.1 Å². The summed E-state index contributed by atoms with van der Waals surface area (Å²) in [5.41, 5.74) is 0.0687. The molecule has 0 saturated carbocycles. The number of para-hydroxylation sites is 1. The van der Waals surface area contributed by atoms with Gasteiger partial charge in [-0.2, -0.15) is 0 Å². The molecule has 2 aliphatic rings. The van der Waals surface area contributed by atoms with E-state index in [2.05, 4.69) is 10.3 Å². The van der Waals surface area contributed by atoms with Crippen LogP contribution in [0.4, 0.5) is 10.1 Å². The molecule has 6 nitrogen and oxygen atoms in total.